The molecule has 3 aromatic carbocycles. The SMILES string of the molecule is Fc1ccc(SCCCC2Cc3[nH]c4c(Cl)ccc(-c5ccc(F)cc5)c4c3CN2)cc1. The van der Waals surface area contributed by atoms with Crippen molar-refractivity contribution in [2.45, 2.75) is 36.7 Å². The van der Waals surface area contributed by atoms with Gasteiger partial charge in [-0.3, -0.25) is 0 Å². The summed E-state index contributed by atoms with van der Waals surface area (Å²) in [6.07, 6.45) is 3.07. The normalized spacial score (nSPS) is 15.8. The maximum atomic E-state index is 13.4. The molecule has 32 heavy (non-hydrogen) atoms. The van der Waals surface area contributed by atoms with Crippen LogP contribution in [0.25, 0.3) is 22.0 Å². The molecule has 5 rings (SSSR count). The van der Waals surface area contributed by atoms with Crippen LogP contribution in [0.1, 0.15) is 24.1 Å². The summed E-state index contributed by atoms with van der Waals surface area (Å²) in [5, 5.41) is 5.51. The number of H-pyrrole nitrogens is 1. The van der Waals surface area contributed by atoms with Gasteiger partial charge in [0.2, 0.25) is 0 Å². The lowest BCUT2D eigenvalue weighted by Gasteiger charge is -2.24. The molecule has 6 heteroatoms. The lowest BCUT2D eigenvalue weighted by molar-refractivity contribution is 0.447. The molecule has 2 N–H and O–H groups in total. The van der Waals surface area contributed by atoms with Gasteiger partial charge in [0, 0.05) is 35.0 Å². The van der Waals surface area contributed by atoms with E-state index in [1.807, 2.05) is 36.4 Å². The van der Waals surface area contributed by atoms with Crippen LogP contribution in [0.4, 0.5) is 8.78 Å². The number of halogens is 3. The number of aromatic amines is 1. The minimum absolute atomic E-state index is 0.197. The van der Waals surface area contributed by atoms with Gasteiger partial charge in [-0.1, -0.05) is 29.8 Å². The number of thioether (sulfide) groups is 1. The van der Waals surface area contributed by atoms with Gasteiger partial charge in [0.1, 0.15) is 11.6 Å². The van der Waals surface area contributed by atoms with Crippen LogP contribution in [0.15, 0.2) is 65.6 Å². The topological polar surface area (TPSA) is 27.8 Å². The fraction of sp³-hybridized carbons (Fsp3) is 0.231. The Balaban J connectivity index is 1.30. The molecule has 0 amide bonds. The van der Waals surface area contributed by atoms with Crippen molar-refractivity contribution in [3.8, 4) is 11.1 Å². The Morgan fingerprint density at radius 1 is 0.938 bits per heavy atom. The first kappa shape index (κ1) is 21.5. The highest BCUT2D eigenvalue weighted by Gasteiger charge is 2.24. The Kier molecular flexibility index (Phi) is 6.22. The third-order valence-corrected chi connectivity index (χ3v) is 7.46. The van der Waals surface area contributed by atoms with Gasteiger partial charge in [0.05, 0.1) is 10.5 Å². The Morgan fingerprint density at radius 2 is 1.66 bits per heavy atom. The summed E-state index contributed by atoms with van der Waals surface area (Å²) >= 11 is 8.29. The van der Waals surface area contributed by atoms with Crippen LogP contribution < -0.4 is 5.32 Å². The summed E-state index contributed by atoms with van der Waals surface area (Å²) in [6, 6.07) is 17.6. The fourth-order valence-electron chi connectivity index (χ4n) is 4.45. The maximum Gasteiger partial charge on any atom is 0.123 e. The van der Waals surface area contributed by atoms with Gasteiger partial charge < -0.3 is 10.3 Å². The molecule has 1 aromatic heterocycles. The average molecular weight is 469 g/mol. The molecule has 1 aliphatic rings. The summed E-state index contributed by atoms with van der Waals surface area (Å²) in [4.78, 5) is 4.67. The highest BCUT2D eigenvalue weighted by molar-refractivity contribution is 7.99. The minimum atomic E-state index is -0.239. The van der Waals surface area contributed by atoms with Gasteiger partial charge >= 0.3 is 0 Å². The monoisotopic (exact) mass is 468 g/mol. The van der Waals surface area contributed by atoms with Crippen LogP contribution in [0.2, 0.25) is 5.02 Å². The first-order valence-corrected chi connectivity index (χ1v) is 12.1. The van der Waals surface area contributed by atoms with Gasteiger partial charge in [-0.2, -0.15) is 0 Å². The van der Waals surface area contributed by atoms with Crippen molar-refractivity contribution in [1.82, 2.24) is 10.3 Å². The predicted molar refractivity (Wildman–Crippen MR) is 129 cm³/mol. The van der Waals surface area contributed by atoms with Crippen LogP contribution in [-0.4, -0.2) is 16.8 Å². The highest BCUT2D eigenvalue weighted by Crippen LogP contribution is 2.38. The van der Waals surface area contributed by atoms with E-state index in [2.05, 4.69) is 10.3 Å². The lowest BCUT2D eigenvalue weighted by Crippen LogP contribution is -2.35. The molecule has 0 saturated carbocycles. The molecule has 1 atom stereocenters. The molecule has 0 bridgehead atoms. The van der Waals surface area contributed by atoms with Gasteiger partial charge in [-0.15, -0.1) is 11.8 Å². The third kappa shape index (κ3) is 4.42. The van der Waals surface area contributed by atoms with E-state index in [1.54, 1.807) is 11.8 Å². The predicted octanol–water partition coefficient (Wildman–Crippen LogP) is 7.35. The van der Waals surface area contributed by atoms with Gasteiger partial charge in [0.25, 0.3) is 0 Å². The average Bonchev–Trinajstić information content (AvgIpc) is 3.19. The molecule has 1 aliphatic heterocycles. The van der Waals surface area contributed by atoms with Gasteiger partial charge in [-0.05, 0) is 77.7 Å². The van der Waals surface area contributed by atoms with Crippen molar-refractivity contribution in [3.05, 3.63) is 88.6 Å². The molecule has 0 fully saturated rings. The molecule has 2 nitrogen and oxygen atoms in total. The van der Waals surface area contributed by atoms with Crippen LogP contribution in [0, 0.1) is 11.6 Å². The van der Waals surface area contributed by atoms with Crippen LogP contribution in [-0.2, 0) is 13.0 Å². The van der Waals surface area contributed by atoms with Crippen molar-refractivity contribution in [2.24, 2.45) is 0 Å². The number of benzene rings is 3. The van der Waals surface area contributed by atoms with Crippen molar-refractivity contribution < 1.29 is 8.78 Å². The summed E-state index contributed by atoms with van der Waals surface area (Å²) in [7, 11) is 0. The number of hydrogen-bond acceptors (Lipinski definition) is 2. The molecule has 164 valence electrons. The molecule has 0 radical (unpaired) electrons. The van der Waals surface area contributed by atoms with E-state index in [9.17, 15) is 8.78 Å². The van der Waals surface area contributed by atoms with Crippen LogP contribution >= 0.6 is 23.4 Å². The molecule has 0 saturated heterocycles. The lowest BCUT2D eigenvalue weighted by atomic mass is 9.94. The van der Waals surface area contributed by atoms with Crippen LogP contribution in [0.3, 0.4) is 0 Å². The molecular weight excluding hydrogens is 446 g/mol. The van der Waals surface area contributed by atoms with E-state index in [1.165, 1.54) is 35.5 Å². The van der Waals surface area contributed by atoms with Crippen molar-refractivity contribution >= 4 is 34.3 Å². The summed E-state index contributed by atoms with van der Waals surface area (Å²) < 4.78 is 26.5. The maximum absolute atomic E-state index is 13.4. The highest BCUT2D eigenvalue weighted by atomic mass is 35.5. The third-order valence-electron chi connectivity index (χ3n) is 6.05. The van der Waals surface area contributed by atoms with E-state index in [0.29, 0.717) is 11.1 Å². The fourth-order valence-corrected chi connectivity index (χ4v) is 5.53. The number of fused-ring (bicyclic) bond motifs is 3. The number of nitrogens with one attached hydrogen (secondary N) is 2. The second-order valence-electron chi connectivity index (χ2n) is 8.16. The zero-order valence-corrected chi connectivity index (χ0v) is 19.0. The van der Waals surface area contributed by atoms with Crippen molar-refractivity contribution in [2.75, 3.05) is 5.75 Å². The molecule has 2 heterocycles. The summed E-state index contributed by atoms with van der Waals surface area (Å²) in [5.41, 5.74) is 5.48. The van der Waals surface area contributed by atoms with Crippen molar-refractivity contribution in [3.63, 3.8) is 0 Å². The Morgan fingerprint density at radius 3 is 2.41 bits per heavy atom. The molecule has 4 aromatic rings. The van der Waals surface area contributed by atoms with E-state index < -0.39 is 0 Å². The summed E-state index contributed by atoms with van der Waals surface area (Å²) in [5.74, 6) is 0.568. The second-order valence-corrected chi connectivity index (χ2v) is 9.74. The molecular formula is C26H23ClF2N2S. The van der Waals surface area contributed by atoms with E-state index >= 15 is 0 Å². The molecule has 0 aliphatic carbocycles. The molecule has 0 spiro atoms. The zero-order valence-electron chi connectivity index (χ0n) is 17.4. The van der Waals surface area contributed by atoms with Gasteiger partial charge in [-0.25, -0.2) is 8.78 Å². The zero-order chi connectivity index (χ0) is 22.1. The quantitative estimate of drug-likeness (QED) is 0.228. The number of aromatic nitrogens is 1. The van der Waals surface area contributed by atoms with E-state index in [-0.39, 0.29) is 11.6 Å². The van der Waals surface area contributed by atoms with Crippen molar-refractivity contribution in [1.29, 1.82) is 0 Å². The molecule has 1 unspecified atom stereocenters. The van der Waals surface area contributed by atoms with Gasteiger partial charge in [0.15, 0.2) is 0 Å². The first-order chi connectivity index (χ1) is 15.6. The van der Waals surface area contributed by atoms with E-state index in [4.69, 9.17) is 11.6 Å². The first-order valence-electron chi connectivity index (χ1n) is 10.8. The smallest absolute Gasteiger partial charge is 0.123 e. The van der Waals surface area contributed by atoms with E-state index in [0.717, 1.165) is 58.5 Å². The number of hydrogen-bond donors (Lipinski definition) is 2. The van der Waals surface area contributed by atoms with Crippen LogP contribution in [0.5, 0.6) is 0 Å². The summed E-state index contributed by atoms with van der Waals surface area (Å²) in [6.45, 7) is 0.777. The largest absolute Gasteiger partial charge is 0.357 e. The Bertz CT molecular complexity index is 1240. The Labute approximate surface area is 195 Å². The standard InChI is InChI=1S/C26H23ClF2N2S/c27-23-12-11-21(16-3-5-17(28)6-4-16)25-22-15-30-19(14-24(22)31-26(23)25)2-1-13-32-20-9-7-18(29)8-10-20/h3-12,19,30-31H,1-2,13-15H2. The second kappa shape index (κ2) is 9.26. The number of rotatable bonds is 6. The minimum Gasteiger partial charge on any atom is -0.357 e. The Hall–Kier alpha value is -2.34.